The van der Waals surface area contributed by atoms with Crippen LogP contribution in [-0.2, 0) is 4.79 Å². The maximum atomic E-state index is 14.2. The summed E-state index contributed by atoms with van der Waals surface area (Å²) in [7, 11) is 1.84. The molecule has 1 aromatic rings. The Labute approximate surface area is 125 Å². The van der Waals surface area contributed by atoms with Gasteiger partial charge in [-0.15, -0.1) is 0 Å². The van der Waals surface area contributed by atoms with Crippen LogP contribution in [0, 0.1) is 11.7 Å². The monoisotopic (exact) mass is 293 g/mol. The van der Waals surface area contributed by atoms with E-state index in [-0.39, 0.29) is 23.7 Å². The van der Waals surface area contributed by atoms with Crippen molar-refractivity contribution in [1.29, 1.82) is 0 Å². The molecule has 1 amide bonds. The van der Waals surface area contributed by atoms with Gasteiger partial charge in [0.15, 0.2) is 0 Å². The molecular weight excluding hydrogens is 269 g/mol. The Kier molecular flexibility index (Phi) is 4.23. The summed E-state index contributed by atoms with van der Waals surface area (Å²) in [6.07, 6.45) is 1.96. The molecule has 5 heteroatoms. The van der Waals surface area contributed by atoms with E-state index in [2.05, 4.69) is 5.32 Å². The molecule has 0 heterocycles. The van der Waals surface area contributed by atoms with E-state index in [1.54, 1.807) is 19.1 Å². The summed E-state index contributed by atoms with van der Waals surface area (Å²) in [5.41, 5.74) is 6.13. The number of nitrogens with two attached hydrogens (primary N) is 1. The van der Waals surface area contributed by atoms with E-state index >= 15 is 0 Å². The summed E-state index contributed by atoms with van der Waals surface area (Å²) in [6, 6.07) is 4.92. The van der Waals surface area contributed by atoms with Gasteiger partial charge in [-0.1, -0.05) is 0 Å². The molecule has 0 radical (unpaired) electrons. The van der Waals surface area contributed by atoms with E-state index in [1.807, 2.05) is 25.8 Å². The lowest BCUT2D eigenvalue weighted by atomic mass is 9.96. The molecule has 1 atom stereocenters. The summed E-state index contributed by atoms with van der Waals surface area (Å²) >= 11 is 0. The van der Waals surface area contributed by atoms with E-state index in [4.69, 9.17) is 5.73 Å². The fourth-order valence-corrected chi connectivity index (χ4v) is 2.28. The van der Waals surface area contributed by atoms with Gasteiger partial charge in [0.05, 0.1) is 11.2 Å². The maximum Gasteiger partial charge on any atom is 0.244 e. The highest BCUT2D eigenvalue weighted by atomic mass is 19.1. The van der Waals surface area contributed by atoms with Crippen LogP contribution < -0.4 is 16.0 Å². The molecule has 1 saturated carbocycles. The normalized spacial score (nSPS) is 17.5. The number of carbonyl (C=O) groups is 1. The van der Waals surface area contributed by atoms with Crippen LogP contribution in [0.2, 0.25) is 0 Å². The Hall–Kier alpha value is -1.62. The lowest BCUT2D eigenvalue weighted by Crippen LogP contribution is -2.50. The molecule has 0 aromatic heterocycles. The van der Waals surface area contributed by atoms with Gasteiger partial charge in [-0.05, 0) is 57.7 Å². The Morgan fingerprint density at radius 1 is 1.48 bits per heavy atom. The Morgan fingerprint density at radius 3 is 2.57 bits per heavy atom. The molecule has 21 heavy (non-hydrogen) atoms. The van der Waals surface area contributed by atoms with Gasteiger partial charge in [0.25, 0.3) is 0 Å². The van der Waals surface area contributed by atoms with Crippen LogP contribution in [0.4, 0.5) is 15.8 Å². The third kappa shape index (κ3) is 3.35. The number of nitrogens with zero attached hydrogens (tertiary/aromatic N) is 1. The van der Waals surface area contributed by atoms with E-state index in [0.29, 0.717) is 11.4 Å². The maximum absolute atomic E-state index is 14.2. The second-order valence-corrected chi connectivity index (χ2v) is 6.38. The van der Waals surface area contributed by atoms with E-state index in [1.165, 1.54) is 6.07 Å². The summed E-state index contributed by atoms with van der Waals surface area (Å²) in [4.78, 5) is 14.0. The third-order valence-corrected chi connectivity index (χ3v) is 4.27. The highest BCUT2D eigenvalue weighted by Gasteiger charge is 2.44. The van der Waals surface area contributed by atoms with Crippen LogP contribution in [0.5, 0.6) is 0 Å². The van der Waals surface area contributed by atoms with E-state index < -0.39 is 5.54 Å². The predicted octanol–water partition coefficient (Wildman–Crippen LogP) is 2.74. The first-order valence-corrected chi connectivity index (χ1v) is 7.36. The standard InChI is InChI=1S/C16H24FN3O/c1-10(2)20(4)14-8-7-12(9-13(14)17)19-15(21)16(3,18)11-5-6-11/h7-11H,5-6,18H2,1-4H3,(H,19,21). The average molecular weight is 293 g/mol. The zero-order valence-electron chi connectivity index (χ0n) is 13.1. The van der Waals surface area contributed by atoms with Crippen LogP contribution in [0.3, 0.4) is 0 Å². The lowest BCUT2D eigenvalue weighted by molar-refractivity contribution is -0.121. The van der Waals surface area contributed by atoms with Crippen molar-refractivity contribution < 1.29 is 9.18 Å². The molecule has 4 nitrogen and oxygen atoms in total. The average Bonchev–Trinajstić information content (AvgIpc) is 3.22. The van der Waals surface area contributed by atoms with Crippen molar-refractivity contribution in [3.05, 3.63) is 24.0 Å². The minimum Gasteiger partial charge on any atom is -0.370 e. The molecule has 3 N–H and O–H groups in total. The smallest absolute Gasteiger partial charge is 0.244 e. The number of halogens is 1. The van der Waals surface area contributed by atoms with E-state index in [9.17, 15) is 9.18 Å². The quantitative estimate of drug-likeness (QED) is 0.877. The lowest BCUT2D eigenvalue weighted by Gasteiger charge is -2.25. The summed E-state index contributed by atoms with van der Waals surface area (Å²) < 4.78 is 14.2. The second-order valence-electron chi connectivity index (χ2n) is 6.38. The highest BCUT2D eigenvalue weighted by Crippen LogP contribution is 2.38. The van der Waals surface area contributed by atoms with Crippen LogP contribution in [0.25, 0.3) is 0 Å². The number of hydrogen-bond acceptors (Lipinski definition) is 3. The van der Waals surface area contributed by atoms with Crippen LogP contribution in [0.1, 0.15) is 33.6 Å². The molecule has 0 spiro atoms. The van der Waals surface area contributed by atoms with Crippen molar-refractivity contribution in [2.45, 2.75) is 45.2 Å². The molecule has 116 valence electrons. The molecule has 1 aliphatic rings. The van der Waals surface area contributed by atoms with Crippen molar-refractivity contribution in [3.8, 4) is 0 Å². The number of amides is 1. The Morgan fingerprint density at radius 2 is 2.10 bits per heavy atom. The SMILES string of the molecule is CC(C)N(C)c1ccc(NC(=O)C(C)(N)C2CC2)cc1F. The molecular formula is C16H24FN3O. The Bertz CT molecular complexity index is 538. The number of benzene rings is 1. The first-order chi connectivity index (χ1) is 9.73. The molecule has 0 aliphatic heterocycles. The van der Waals surface area contributed by atoms with Gasteiger partial charge < -0.3 is 16.0 Å². The minimum atomic E-state index is -0.885. The van der Waals surface area contributed by atoms with Gasteiger partial charge in [0, 0.05) is 18.8 Å². The van der Waals surface area contributed by atoms with Crippen molar-refractivity contribution in [2.24, 2.45) is 11.7 Å². The van der Waals surface area contributed by atoms with Gasteiger partial charge in [0.2, 0.25) is 5.91 Å². The number of hydrogen-bond donors (Lipinski definition) is 2. The van der Waals surface area contributed by atoms with Crippen molar-refractivity contribution in [3.63, 3.8) is 0 Å². The zero-order valence-corrected chi connectivity index (χ0v) is 13.1. The molecule has 2 rings (SSSR count). The van der Waals surface area contributed by atoms with Gasteiger partial charge in [-0.3, -0.25) is 4.79 Å². The number of carbonyl (C=O) groups excluding carboxylic acids is 1. The van der Waals surface area contributed by atoms with Crippen LogP contribution in [0.15, 0.2) is 18.2 Å². The Balaban J connectivity index is 2.12. The fraction of sp³-hybridized carbons (Fsp3) is 0.562. The van der Waals surface area contributed by atoms with Gasteiger partial charge in [-0.25, -0.2) is 4.39 Å². The molecule has 1 fully saturated rings. The van der Waals surface area contributed by atoms with Gasteiger partial charge >= 0.3 is 0 Å². The van der Waals surface area contributed by atoms with Crippen LogP contribution in [-0.4, -0.2) is 24.5 Å². The first kappa shape index (κ1) is 15.8. The number of nitrogens with one attached hydrogen (secondary N) is 1. The van der Waals surface area contributed by atoms with Gasteiger partial charge in [-0.2, -0.15) is 0 Å². The third-order valence-electron chi connectivity index (χ3n) is 4.27. The minimum absolute atomic E-state index is 0.196. The predicted molar refractivity (Wildman–Crippen MR) is 83.9 cm³/mol. The van der Waals surface area contributed by atoms with E-state index in [0.717, 1.165) is 12.8 Å². The molecule has 1 aromatic carbocycles. The summed E-state index contributed by atoms with van der Waals surface area (Å²) in [5, 5.41) is 2.72. The first-order valence-electron chi connectivity index (χ1n) is 7.36. The zero-order chi connectivity index (χ0) is 15.8. The van der Waals surface area contributed by atoms with Crippen LogP contribution >= 0.6 is 0 Å². The molecule has 1 unspecified atom stereocenters. The topological polar surface area (TPSA) is 58.4 Å². The molecule has 0 bridgehead atoms. The molecule has 0 saturated heterocycles. The molecule has 1 aliphatic carbocycles. The van der Waals surface area contributed by atoms with Crippen molar-refractivity contribution >= 4 is 17.3 Å². The number of rotatable bonds is 5. The van der Waals surface area contributed by atoms with Gasteiger partial charge in [0.1, 0.15) is 5.82 Å². The van der Waals surface area contributed by atoms with Crippen molar-refractivity contribution in [1.82, 2.24) is 0 Å². The highest BCUT2D eigenvalue weighted by molar-refractivity contribution is 5.98. The number of anilines is 2. The van der Waals surface area contributed by atoms with Crippen molar-refractivity contribution in [2.75, 3.05) is 17.3 Å². The largest absolute Gasteiger partial charge is 0.370 e. The fourth-order valence-electron chi connectivity index (χ4n) is 2.28. The second kappa shape index (κ2) is 5.64. The summed E-state index contributed by atoms with van der Waals surface area (Å²) in [5.74, 6) is -0.378. The summed E-state index contributed by atoms with van der Waals surface area (Å²) in [6.45, 7) is 5.71.